The van der Waals surface area contributed by atoms with Crippen LogP contribution in [0.2, 0.25) is 0 Å². The normalized spacial score (nSPS) is 22.0. The number of anilines is 1. The molecular formula is C23H26N2O3. The van der Waals surface area contributed by atoms with Crippen molar-refractivity contribution in [3.05, 3.63) is 65.2 Å². The summed E-state index contributed by atoms with van der Waals surface area (Å²) in [4.78, 5) is 12.6. The second-order valence-electron chi connectivity index (χ2n) is 7.22. The predicted molar refractivity (Wildman–Crippen MR) is 110 cm³/mol. The fraction of sp³-hybridized carbons (Fsp3) is 0.348. The third-order valence-corrected chi connectivity index (χ3v) is 5.75. The van der Waals surface area contributed by atoms with Gasteiger partial charge in [-0.05, 0) is 48.6 Å². The van der Waals surface area contributed by atoms with Crippen molar-refractivity contribution in [2.24, 2.45) is 5.92 Å². The number of nitrogens with one attached hydrogen (secondary N) is 2. The first-order valence-electron chi connectivity index (χ1n) is 9.74. The van der Waals surface area contributed by atoms with Crippen molar-refractivity contribution in [1.82, 2.24) is 5.32 Å². The monoisotopic (exact) mass is 378 g/mol. The number of para-hydroxylation sites is 1. The van der Waals surface area contributed by atoms with Crippen LogP contribution >= 0.6 is 0 Å². The van der Waals surface area contributed by atoms with Gasteiger partial charge in [0.1, 0.15) is 0 Å². The largest absolute Gasteiger partial charge is 0.493 e. The van der Waals surface area contributed by atoms with E-state index in [0.717, 1.165) is 17.7 Å². The highest BCUT2D eigenvalue weighted by Gasteiger charge is 2.39. The van der Waals surface area contributed by atoms with Gasteiger partial charge < -0.3 is 20.1 Å². The van der Waals surface area contributed by atoms with E-state index < -0.39 is 0 Å². The molecule has 5 heteroatoms. The molecule has 2 N–H and O–H groups in total. The summed E-state index contributed by atoms with van der Waals surface area (Å²) in [6.07, 6.45) is 5.53. The van der Waals surface area contributed by atoms with Crippen molar-refractivity contribution in [2.45, 2.75) is 25.3 Å². The average Bonchev–Trinajstić information content (AvgIpc) is 3.22. The van der Waals surface area contributed by atoms with E-state index in [9.17, 15) is 4.79 Å². The molecule has 0 fully saturated rings. The number of amides is 1. The van der Waals surface area contributed by atoms with Crippen LogP contribution in [-0.2, 0) is 0 Å². The number of hydrogen-bond acceptors (Lipinski definition) is 4. The first kappa shape index (κ1) is 18.4. The molecule has 4 rings (SSSR count). The van der Waals surface area contributed by atoms with Crippen LogP contribution in [-0.4, -0.2) is 26.7 Å². The fourth-order valence-corrected chi connectivity index (χ4v) is 4.44. The van der Waals surface area contributed by atoms with Crippen LogP contribution in [0.4, 0.5) is 5.69 Å². The summed E-state index contributed by atoms with van der Waals surface area (Å²) in [5.74, 6) is 2.08. The second kappa shape index (κ2) is 7.58. The summed E-state index contributed by atoms with van der Waals surface area (Å²) in [5.41, 5.74) is 3.96. The maximum Gasteiger partial charge on any atom is 0.253 e. The van der Waals surface area contributed by atoms with Gasteiger partial charge in [0.25, 0.3) is 5.91 Å². The van der Waals surface area contributed by atoms with E-state index in [2.05, 4.69) is 34.9 Å². The van der Waals surface area contributed by atoms with Crippen LogP contribution in [0.1, 0.15) is 46.8 Å². The van der Waals surface area contributed by atoms with Crippen LogP contribution in [0, 0.1) is 5.92 Å². The number of allylic oxidation sites excluding steroid dienone is 2. The van der Waals surface area contributed by atoms with Gasteiger partial charge in [-0.15, -0.1) is 0 Å². The summed E-state index contributed by atoms with van der Waals surface area (Å²) >= 11 is 0. The lowest BCUT2D eigenvalue weighted by atomic mass is 9.76. The van der Waals surface area contributed by atoms with Gasteiger partial charge >= 0.3 is 0 Å². The van der Waals surface area contributed by atoms with E-state index in [1.807, 2.05) is 31.2 Å². The summed E-state index contributed by atoms with van der Waals surface area (Å²) in [6.45, 7) is 2.54. The highest BCUT2D eigenvalue weighted by atomic mass is 16.5. The number of benzene rings is 2. The molecule has 2 aromatic carbocycles. The first-order chi connectivity index (χ1) is 13.7. The standard InChI is InChI=1S/C23H26N2O3/c1-4-24-23(26)18-10-6-9-17-15-7-5-8-16(15)21(25-22(17)18)14-11-12-19(27-2)20(13-14)28-3/h5-7,9-13,15-16,21,25H,4,8H2,1-3H3,(H,24,26). The maximum absolute atomic E-state index is 12.6. The van der Waals surface area contributed by atoms with Gasteiger partial charge in [-0.25, -0.2) is 0 Å². The molecule has 5 nitrogen and oxygen atoms in total. The molecule has 2 aliphatic rings. The third kappa shape index (κ3) is 3.01. The van der Waals surface area contributed by atoms with Crippen molar-refractivity contribution in [2.75, 3.05) is 26.1 Å². The third-order valence-electron chi connectivity index (χ3n) is 5.75. The lowest BCUT2D eigenvalue weighted by Gasteiger charge is -2.38. The minimum absolute atomic E-state index is 0.0432. The molecule has 2 aromatic rings. The molecule has 1 aliphatic heterocycles. The first-order valence-corrected chi connectivity index (χ1v) is 9.74. The smallest absolute Gasteiger partial charge is 0.253 e. The van der Waals surface area contributed by atoms with E-state index in [1.54, 1.807) is 14.2 Å². The SMILES string of the molecule is CCNC(=O)c1cccc2c1NC(c1ccc(OC)c(OC)c1)C1CC=CC21. The summed E-state index contributed by atoms with van der Waals surface area (Å²) < 4.78 is 10.9. The molecule has 0 saturated heterocycles. The topological polar surface area (TPSA) is 59.6 Å². The molecular weight excluding hydrogens is 352 g/mol. The lowest BCUT2D eigenvalue weighted by Crippen LogP contribution is -2.32. The van der Waals surface area contributed by atoms with Gasteiger partial charge in [0.2, 0.25) is 0 Å². The molecule has 1 heterocycles. The zero-order chi connectivity index (χ0) is 19.7. The van der Waals surface area contributed by atoms with E-state index in [1.165, 1.54) is 5.56 Å². The van der Waals surface area contributed by atoms with E-state index >= 15 is 0 Å². The zero-order valence-corrected chi connectivity index (χ0v) is 16.5. The highest BCUT2D eigenvalue weighted by molar-refractivity contribution is 6.00. The van der Waals surface area contributed by atoms with E-state index in [-0.39, 0.29) is 11.9 Å². The minimum Gasteiger partial charge on any atom is -0.493 e. The molecule has 1 aliphatic carbocycles. The van der Waals surface area contributed by atoms with Crippen LogP contribution in [0.3, 0.4) is 0 Å². The van der Waals surface area contributed by atoms with Crippen molar-refractivity contribution in [1.29, 1.82) is 0 Å². The zero-order valence-electron chi connectivity index (χ0n) is 16.5. The Labute approximate surface area is 165 Å². The summed E-state index contributed by atoms with van der Waals surface area (Å²) in [5, 5.41) is 6.61. The Bertz CT molecular complexity index is 922. The van der Waals surface area contributed by atoms with Crippen LogP contribution in [0.15, 0.2) is 48.6 Å². The Morgan fingerprint density at radius 1 is 1.18 bits per heavy atom. The maximum atomic E-state index is 12.6. The van der Waals surface area contributed by atoms with Crippen LogP contribution in [0.25, 0.3) is 0 Å². The molecule has 0 bridgehead atoms. The number of hydrogen-bond donors (Lipinski definition) is 2. The highest BCUT2D eigenvalue weighted by Crippen LogP contribution is 2.51. The van der Waals surface area contributed by atoms with Gasteiger partial charge in [-0.1, -0.05) is 30.4 Å². The fourth-order valence-electron chi connectivity index (χ4n) is 4.44. The molecule has 0 saturated carbocycles. The van der Waals surface area contributed by atoms with Gasteiger partial charge in [0.15, 0.2) is 11.5 Å². The number of rotatable bonds is 5. The minimum atomic E-state index is -0.0432. The van der Waals surface area contributed by atoms with E-state index in [4.69, 9.17) is 9.47 Å². The van der Waals surface area contributed by atoms with Crippen molar-refractivity contribution < 1.29 is 14.3 Å². The van der Waals surface area contributed by atoms with E-state index in [0.29, 0.717) is 35.4 Å². The molecule has 146 valence electrons. The van der Waals surface area contributed by atoms with Gasteiger partial charge in [0.05, 0.1) is 31.5 Å². The van der Waals surface area contributed by atoms with Crippen molar-refractivity contribution >= 4 is 11.6 Å². The van der Waals surface area contributed by atoms with Gasteiger partial charge in [-0.3, -0.25) is 4.79 Å². The lowest BCUT2D eigenvalue weighted by molar-refractivity contribution is 0.0956. The van der Waals surface area contributed by atoms with Crippen molar-refractivity contribution in [3.8, 4) is 11.5 Å². The molecule has 0 spiro atoms. The second-order valence-corrected chi connectivity index (χ2v) is 7.22. The van der Waals surface area contributed by atoms with Crippen molar-refractivity contribution in [3.63, 3.8) is 0 Å². The molecule has 0 aromatic heterocycles. The number of carbonyl (C=O) groups is 1. The number of methoxy groups -OCH3 is 2. The number of ether oxygens (including phenoxy) is 2. The number of carbonyl (C=O) groups excluding carboxylic acids is 1. The Kier molecular flexibility index (Phi) is 4.99. The molecule has 3 unspecified atom stereocenters. The summed E-state index contributed by atoms with van der Waals surface area (Å²) in [6, 6.07) is 12.1. The summed E-state index contributed by atoms with van der Waals surface area (Å²) in [7, 11) is 3.29. The average molecular weight is 378 g/mol. The quantitative estimate of drug-likeness (QED) is 0.763. The Balaban J connectivity index is 1.78. The predicted octanol–water partition coefficient (Wildman–Crippen LogP) is 4.28. The molecule has 1 amide bonds. The Morgan fingerprint density at radius 2 is 2.00 bits per heavy atom. The molecule has 28 heavy (non-hydrogen) atoms. The van der Waals surface area contributed by atoms with Crippen LogP contribution < -0.4 is 20.1 Å². The van der Waals surface area contributed by atoms with Gasteiger partial charge in [0, 0.05) is 12.5 Å². The Hall–Kier alpha value is -2.95. The Morgan fingerprint density at radius 3 is 2.75 bits per heavy atom. The molecule has 3 atom stereocenters. The number of fused-ring (bicyclic) bond motifs is 3. The molecule has 0 radical (unpaired) electrons. The van der Waals surface area contributed by atoms with Gasteiger partial charge in [-0.2, -0.15) is 0 Å². The van der Waals surface area contributed by atoms with Crippen LogP contribution in [0.5, 0.6) is 11.5 Å².